The predicted octanol–water partition coefficient (Wildman–Crippen LogP) is 5.79. The van der Waals surface area contributed by atoms with E-state index in [4.69, 9.17) is 4.74 Å². The monoisotopic (exact) mass is 648 g/mol. The molecule has 1 atom stereocenters. The van der Waals surface area contributed by atoms with Gasteiger partial charge in [-0.05, 0) is 80.4 Å². The van der Waals surface area contributed by atoms with Crippen LogP contribution in [0.5, 0.6) is 5.75 Å². The first-order valence-electron chi connectivity index (χ1n) is 14.5. The Labute approximate surface area is 265 Å². The van der Waals surface area contributed by atoms with Crippen molar-refractivity contribution >= 4 is 45.4 Å². The van der Waals surface area contributed by atoms with E-state index in [-0.39, 0.29) is 45.1 Å². The number of thiazole rings is 1. The molecule has 0 saturated carbocycles. The first-order valence-corrected chi connectivity index (χ1v) is 16.8. The molecule has 0 aliphatic carbocycles. The molecule has 1 fully saturated rings. The van der Waals surface area contributed by atoms with Gasteiger partial charge in [-0.3, -0.25) is 28.4 Å². The Balaban J connectivity index is 1.02. The first kappa shape index (κ1) is 30.7. The molecule has 3 heterocycles. The van der Waals surface area contributed by atoms with E-state index in [9.17, 15) is 28.6 Å². The molecule has 1 saturated heterocycles. The van der Waals surface area contributed by atoms with Crippen LogP contribution in [0, 0.1) is 0 Å². The lowest BCUT2D eigenvalue weighted by molar-refractivity contribution is -0.142. The van der Waals surface area contributed by atoms with E-state index in [1.807, 2.05) is 29.2 Å². The molecular weight excluding hydrogens is 617 g/mol. The van der Waals surface area contributed by atoms with Crippen molar-refractivity contribution in [1.29, 1.82) is 0 Å². The number of ether oxygens (including phenoxy) is 1. The van der Waals surface area contributed by atoms with Crippen LogP contribution in [0.4, 0.5) is 5.69 Å². The van der Waals surface area contributed by atoms with Gasteiger partial charge in [0.05, 0.1) is 34.2 Å². The molecule has 3 aromatic carbocycles. The lowest BCUT2D eigenvalue weighted by Gasteiger charge is -2.33. The summed E-state index contributed by atoms with van der Waals surface area (Å²) in [4.78, 5) is 44.7. The van der Waals surface area contributed by atoms with Crippen molar-refractivity contribution in [3.05, 3.63) is 88.9 Å². The highest BCUT2D eigenvalue weighted by atomic mass is 32.3. The van der Waals surface area contributed by atoms with Gasteiger partial charge in [0.25, 0.3) is 11.8 Å². The Morgan fingerprint density at radius 1 is 1.09 bits per heavy atom. The van der Waals surface area contributed by atoms with Crippen LogP contribution in [0.3, 0.4) is 0 Å². The molecule has 0 unspecified atom stereocenters. The van der Waals surface area contributed by atoms with Crippen molar-refractivity contribution in [3.63, 3.8) is 0 Å². The molecule has 234 valence electrons. The lowest BCUT2D eigenvalue weighted by atomic mass is 10.1. The summed E-state index contributed by atoms with van der Waals surface area (Å²) in [5, 5.41) is 15.7. The summed E-state index contributed by atoms with van der Waals surface area (Å²) >= 11 is 1.45. The molecule has 0 bridgehead atoms. The Hall–Kier alpha value is -4.27. The van der Waals surface area contributed by atoms with Gasteiger partial charge in [0.15, 0.2) is 0 Å². The number of carbonyl (C=O) groups is 3. The molecule has 1 aromatic heterocycles. The third-order valence-electron chi connectivity index (χ3n) is 7.82. The number of fused-ring (bicyclic) bond motifs is 2. The molecule has 11 nitrogen and oxygen atoms in total. The number of carbonyl (C=O) groups excluding carboxylic acids is 2. The van der Waals surface area contributed by atoms with E-state index < -0.39 is 22.5 Å². The van der Waals surface area contributed by atoms with Crippen LogP contribution in [0.25, 0.3) is 10.6 Å². The molecule has 0 radical (unpaired) electrons. The van der Waals surface area contributed by atoms with Crippen molar-refractivity contribution < 1.29 is 33.3 Å². The second-order valence-corrected chi connectivity index (χ2v) is 13.9. The third kappa shape index (κ3) is 6.58. The van der Waals surface area contributed by atoms with Crippen LogP contribution >= 0.6 is 21.9 Å². The summed E-state index contributed by atoms with van der Waals surface area (Å²) in [7, 11) is -3.46. The van der Waals surface area contributed by atoms with Crippen LogP contribution in [-0.2, 0) is 11.3 Å². The van der Waals surface area contributed by atoms with Crippen LogP contribution in [-0.4, -0.2) is 67.6 Å². The first-order chi connectivity index (χ1) is 21.7. The average Bonchev–Trinajstić information content (AvgIpc) is 3.71. The number of nitrogens with zero attached hydrogens (tertiary/aromatic N) is 2. The van der Waals surface area contributed by atoms with Gasteiger partial charge in [0.1, 0.15) is 16.8 Å². The molecule has 6 rings (SSSR count). The summed E-state index contributed by atoms with van der Waals surface area (Å²) in [5.41, 5.74) is 1.52. The Morgan fingerprint density at radius 2 is 1.89 bits per heavy atom. The molecule has 2 aliphatic rings. The van der Waals surface area contributed by atoms with Gasteiger partial charge in [-0.15, -0.1) is 21.9 Å². The number of carboxylic acids is 1. The van der Waals surface area contributed by atoms with Crippen molar-refractivity contribution in [2.45, 2.75) is 41.6 Å². The van der Waals surface area contributed by atoms with Gasteiger partial charge >= 0.3 is 5.97 Å². The van der Waals surface area contributed by atoms with Crippen molar-refractivity contribution in [1.82, 2.24) is 15.2 Å². The number of amides is 2. The minimum atomic E-state index is -3.46. The summed E-state index contributed by atoms with van der Waals surface area (Å²) < 4.78 is 27.8. The zero-order chi connectivity index (χ0) is 31.6. The Kier molecular flexibility index (Phi) is 8.88. The second-order valence-electron chi connectivity index (χ2n) is 10.8. The maximum Gasteiger partial charge on any atom is 0.320 e. The minimum Gasteiger partial charge on any atom is -0.494 e. The molecule has 5 N–H and O–H groups in total. The highest BCUT2D eigenvalue weighted by Gasteiger charge is 2.32. The molecular formula is C32H32N4O7S2. The molecule has 4 aromatic rings. The number of aliphatic carboxylic acids is 1. The maximum atomic E-state index is 13.0. The SMILES string of the molecule is O=C(NCc1cnc(-c2ccc(OCCCN3CCC[C@H]3C(=O)O)cc2)s1)c1ccc2c(c1)NC(=O)c1ccccc1S2(O)O. The van der Waals surface area contributed by atoms with Gasteiger partial charge in [0, 0.05) is 28.7 Å². The van der Waals surface area contributed by atoms with E-state index in [0.29, 0.717) is 19.6 Å². The van der Waals surface area contributed by atoms with Crippen molar-refractivity contribution in [2.75, 3.05) is 25.0 Å². The summed E-state index contributed by atoms with van der Waals surface area (Å²) in [5.74, 6) is -0.897. The minimum absolute atomic E-state index is 0.145. The Bertz CT molecular complexity index is 1740. The van der Waals surface area contributed by atoms with Gasteiger partial charge in [-0.25, -0.2) is 4.98 Å². The zero-order valence-electron chi connectivity index (χ0n) is 24.1. The van der Waals surface area contributed by atoms with Crippen molar-refractivity contribution in [3.8, 4) is 16.3 Å². The van der Waals surface area contributed by atoms with E-state index in [1.165, 1.54) is 41.7 Å². The fourth-order valence-electron chi connectivity index (χ4n) is 5.54. The quantitative estimate of drug-likeness (QED) is 0.134. The molecule has 45 heavy (non-hydrogen) atoms. The lowest BCUT2D eigenvalue weighted by Crippen LogP contribution is -2.36. The van der Waals surface area contributed by atoms with Crippen LogP contribution in [0.2, 0.25) is 0 Å². The fourth-order valence-corrected chi connectivity index (χ4v) is 8.05. The van der Waals surface area contributed by atoms with E-state index in [0.717, 1.165) is 40.6 Å². The summed E-state index contributed by atoms with van der Waals surface area (Å²) in [6, 6.07) is 18.0. The highest BCUT2D eigenvalue weighted by molar-refractivity contribution is 8.24. The Morgan fingerprint density at radius 3 is 2.69 bits per heavy atom. The standard InChI is InChI=1S/C32H32N4O7S2/c37-29(21-10-13-28-25(17-21)35-30(38)24-5-1-2-7-27(24)45(28,41)42)33-18-23-19-34-31(44-23)20-8-11-22(12-9-20)43-16-4-15-36-14-3-6-26(36)32(39)40/h1-2,5,7-13,17,19,26,41-42H,3-4,6,14-16,18H2,(H,33,37)(H,35,38)(H,39,40)/t26-/m0/s1. The number of carboxylic acid groups (broad SMARTS) is 1. The van der Waals surface area contributed by atoms with E-state index in [2.05, 4.69) is 15.6 Å². The van der Waals surface area contributed by atoms with Gasteiger partial charge in [-0.1, -0.05) is 12.1 Å². The highest BCUT2D eigenvalue weighted by Crippen LogP contribution is 2.60. The fraction of sp³-hybridized carbons (Fsp3) is 0.250. The van der Waals surface area contributed by atoms with Gasteiger partial charge in [-0.2, -0.15) is 0 Å². The number of hydrogen-bond donors (Lipinski definition) is 5. The zero-order valence-corrected chi connectivity index (χ0v) is 25.8. The number of nitrogens with one attached hydrogen (secondary N) is 2. The number of likely N-dealkylation sites (tertiary alicyclic amines) is 1. The molecule has 13 heteroatoms. The normalized spacial score (nSPS) is 17.8. The number of anilines is 1. The number of rotatable bonds is 10. The smallest absolute Gasteiger partial charge is 0.320 e. The summed E-state index contributed by atoms with van der Waals surface area (Å²) in [6.07, 6.45) is 4.06. The average molecular weight is 649 g/mol. The molecule has 2 amide bonds. The third-order valence-corrected chi connectivity index (χ3v) is 10.8. The van der Waals surface area contributed by atoms with Crippen molar-refractivity contribution in [2.24, 2.45) is 0 Å². The summed E-state index contributed by atoms with van der Waals surface area (Å²) in [6.45, 7) is 2.24. The number of benzene rings is 3. The number of hydrogen-bond acceptors (Lipinski definition) is 9. The largest absolute Gasteiger partial charge is 0.494 e. The second kappa shape index (κ2) is 13.0. The molecule has 0 spiro atoms. The topological polar surface area (TPSA) is 161 Å². The number of aromatic nitrogens is 1. The molecule has 2 aliphatic heterocycles. The van der Waals surface area contributed by atoms with Crippen LogP contribution in [0.1, 0.15) is 44.9 Å². The van der Waals surface area contributed by atoms with E-state index in [1.54, 1.807) is 18.3 Å². The van der Waals surface area contributed by atoms with Crippen LogP contribution in [0.15, 0.2) is 82.7 Å². The maximum absolute atomic E-state index is 13.0. The van der Waals surface area contributed by atoms with Gasteiger partial charge < -0.3 is 20.5 Å². The van der Waals surface area contributed by atoms with Crippen LogP contribution < -0.4 is 15.4 Å². The predicted molar refractivity (Wildman–Crippen MR) is 171 cm³/mol. The van der Waals surface area contributed by atoms with E-state index >= 15 is 0 Å². The van der Waals surface area contributed by atoms with Gasteiger partial charge in [0.2, 0.25) is 0 Å².